The molecule has 3 heterocycles. The molecule has 4 rings (SSSR count). The van der Waals surface area contributed by atoms with Gasteiger partial charge in [0.05, 0.1) is 29.1 Å². The highest BCUT2D eigenvalue weighted by atomic mass is 32.1. The van der Waals surface area contributed by atoms with E-state index < -0.39 is 0 Å². The van der Waals surface area contributed by atoms with Gasteiger partial charge in [0.1, 0.15) is 0 Å². The molecule has 0 amide bonds. The highest BCUT2D eigenvalue weighted by molar-refractivity contribution is 7.17. The number of hydrogen-bond donors (Lipinski definition) is 4. The molecule has 0 aliphatic carbocycles. The number of nitrogens with two attached hydrogens (primary N) is 1. The van der Waals surface area contributed by atoms with Crippen LogP contribution in [0, 0.1) is 0 Å². The maximum absolute atomic E-state index is 5.56. The van der Waals surface area contributed by atoms with Gasteiger partial charge in [0.25, 0.3) is 0 Å². The van der Waals surface area contributed by atoms with Gasteiger partial charge < -0.3 is 20.8 Å². The van der Waals surface area contributed by atoms with Crippen molar-refractivity contribution in [3.63, 3.8) is 0 Å². The number of thiophene rings is 1. The molecule has 1 aromatic carbocycles. The van der Waals surface area contributed by atoms with Gasteiger partial charge in [-0.3, -0.25) is 10.7 Å². The van der Waals surface area contributed by atoms with Gasteiger partial charge in [-0.25, -0.2) is 4.98 Å². The second kappa shape index (κ2) is 9.86. The Hall–Kier alpha value is -2.72. The Morgan fingerprint density at radius 3 is 2.90 bits per heavy atom. The van der Waals surface area contributed by atoms with E-state index in [2.05, 4.69) is 32.5 Å². The fraction of sp³-hybridized carbons (Fsp3) is 0.333. The zero-order chi connectivity index (χ0) is 20.8. The zero-order valence-electron chi connectivity index (χ0n) is 16.9. The number of hydrazine groups is 1. The van der Waals surface area contributed by atoms with E-state index in [9.17, 15) is 0 Å². The van der Waals surface area contributed by atoms with E-state index in [0.29, 0.717) is 5.95 Å². The van der Waals surface area contributed by atoms with Gasteiger partial charge in [0.2, 0.25) is 5.95 Å². The van der Waals surface area contributed by atoms with Crippen molar-refractivity contribution in [2.45, 2.75) is 6.42 Å². The van der Waals surface area contributed by atoms with Crippen molar-refractivity contribution in [1.29, 1.82) is 0 Å². The number of hydrogen-bond acceptors (Lipinski definition) is 9. The van der Waals surface area contributed by atoms with Crippen LogP contribution in [-0.4, -0.2) is 54.3 Å². The Morgan fingerprint density at radius 2 is 2.10 bits per heavy atom. The molecule has 0 unspecified atom stereocenters. The molecule has 1 aliphatic heterocycles. The second-order valence-electron chi connectivity index (χ2n) is 7.04. The Labute approximate surface area is 180 Å². The zero-order valence-corrected chi connectivity index (χ0v) is 17.7. The van der Waals surface area contributed by atoms with Crippen LogP contribution in [0.3, 0.4) is 0 Å². The number of fused-ring (bicyclic) bond motifs is 1. The van der Waals surface area contributed by atoms with E-state index in [1.807, 2.05) is 29.6 Å². The predicted molar refractivity (Wildman–Crippen MR) is 125 cm³/mol. The molecule has 9 heteroatoms. The third-order valence-electron chi connectivity index (χ3n) is 5.03. The summed E-state index contributed by atoms with van der Waals surface area (Å²) < 4.78 is 6.42. The quantitative estimate of drug-likeness (QED) is 0.235. The van der Waals surface area contributed by atoms with E-state index in [1.165, 1.54) is 0 Å². The van der Waals surface area contributed by atoms with E-state index in [-0.39, 0.29) is 0 Å². The SMILES string of the molecule is C=Cc1cc(Nc2nc(NCCCN3CCOCC3)nc3ccsc23)ccc1NN. The summed E-state index contributed by atoms with van der Waals surface area (Å²) in [5.41, 5.74) is 6.26. The van der Waals surface area contributed by atoms with E-state index >= 15 is 0 Å². The summed E-state index contributed by atoms with van der Waals surface area (Å²) in [7, 11) is 0. The minimum Gasteiger partial charge on any atom is -0.379 e. The first-order valence-electron chi connectivity index (χ1n) is 10.1. The van der Waals surface area contributed by atoms with Crippen molar-refractivity contribution < 1.29 is 4.74 Å². The van der Waals surface area contributed by atoms with Crippen LogP contribution < -0.4 is 21.9 Å². The van der Waals surface area contributed by atoms with Crippen LogP contribution in [0.1, 0.15) is 12.0 Å². The van der Waals surface area contributed by atoms with Crippen LogP contribution in [0.5, 0.6) is 0 Å². The van der Waals surface area contributed by atoms with Gasteiger partial charge in [-0.1, -0.05) is 12.7 Å². The molecule has 2 aromatic heterocycles. The molecule has 5 N–H and O–H groups in total. The van der Waals surface area contributed by atoms with Crippen LogP contribution in [0.4, 0.5) is 23.1 Å². The lowest BCUT2D eigenvalue weighted by Crippen LogP contribution is -2.37. The number of nitrogens with one attached hydrogen (secondary N) is 3. The molecule has 0 bridgehead atoms. The average Bonchev–Trinajstić information content (AvgIpc) is 3.26. The highest BCUT2D eigenvalue weighted by Gasteiger charge is 2.12. The van der Waals surface area contributed by atoms with Crippen LogP contribution >= 0.6 is 11.3 Å². The van der Waals surface area contributed by atoms with Crippen molar-refractivity contribution >= 4 is 50.8 Å². The number of morpholine rings is 1. The van der Waals surface area contributed by atoms with Gasteiger partial charge >= 0.3 is 0 Å². The first-order chi connectivity index (χ1) is 14.8. The van der Waals surface area contributed by atoms with Crippen molar-refractivity contribution in [1.82, 2.24) is 14.9 Å². The summed E-state index contributed by atoms with van der Waals surface area (Å²) in [5, 5.41) is 8.83. The van der Waals surface area contributed by atoms with Gasteiger partial charge in [0, 0.05) is 30.9 Å². The molecule has 0 spiro atoms. The van der Waals surface area contributed by atoms with Crippen LogP contribution in [0.25, 0.3) is 16.3 Å². The maximum Gasteiger partial charge on any atom is 0.225 e. The van der Waals surface area contributed by atoms with E-state index in [0.717, 1.165) is 78.8 Å². The fourth-order valence-electron chi connectivity index (χ4n) is 3.43. The minimum absolute atomic E-state index is 0.634. The molecule has 1 saturated heterocycles. The van der Waals surface area contributed by atoms with Crippen molar-refractivity contribution in [2.75, 3.05) is 55.5 Å². The normalized spacial score (nSPS) is 14.6. The first-order valence-corrected chi connectivity index (χ1v) is 10.9. The fourth-order valence-corrected chi connectivity index (χ4v) is 4.21. The lowest BCUT2D eigenvalue weighted by Gasteiger charge is -2.26. The third-order valence-corrected chi connectivity index (χ3v) is 5.94. The molecule has 158 valence electrons. The number of ether oxygens (including phenoxy) is 1. The number of anilines is 4. The first kappa shape index (κ1) is 20.5. The molecule has 8 nitrogen and oxygen atoms in total. The van der Waals surface area contributed by atoms with Gasteiger partial charge in [-0.05, 0) is 42.6 Å². The summed E-state index contributed by atoms with van der Waals surface area (Å²) in [6.45, 7) is 9.40. The Balaban J connectivity index is 1.45. The van der Waals surface area contributed by atoms with Gasteiger partial charge in [0.15, 0.2) is 5.82 Å². The van der Waals surface area contributed by atoms with Crippen molar-refractivity contribution in [2.24, 2.45) is 5.84 Å². The summed E-state index contributed by atoms with van der Waals surface area (Å²) in [5.74, 6) is 6.98. The summed E-state index contributed by atoms with van der Waals surface area (Å²) in [6.07, 6.45) is 2.80. The molecule has 3 aromatic rings. The van der Waals surface area contributed by atoms with Crippen LogP contribution in [0.15, 0.2) is 36.2 Å². The number of nitrogens with zero attached hydrogens (tertiary/aromatic N) is 3. The number of aromatic nitrogens is 2. The standard InChI is InChI=1S/C21H27N7OS/c1-2-15-14-16(4-5-17(15)27-22)24-20-19-18(6-13-30-19)25-21(26-20)23-7-3-8-28-9-11-29-12-10-28/h2,4-6,13-14,27H,1,3,7-12,22H2,(H2,23,24,25,26). The molecule has 0 saturated carbocycles. The molecular formula is C21H27N7OS. The smallest absolute Gasteiger partial charge is 0.225 e. The average molecular weight is 426 g/mol. The minimum atomic E-state index is 0.634. The number of nitrogen functional groups attached to an aromatic ring is 1. The topological polar surface area (TPSA) is 100 Å². The van der Waals surface area contributed by atoms with Crippen LogP contribution in [0.2, 0.25) is 0 Å². The maximum atomic E-state index is 5.56. The highest BCUT2D eigenvalue weighted by Crippen LogP contribution is 2.31. The second-order valence-corrected chi connectivity index (χ2v) is 7.96. The molecule has 0 atom stereocenters. The molecular weight excluding hydrogens is 398 g/mol. The third kappa shape index (κ3) is 4.88. The molecule has 1 fully saturated rings. The summed E-state index contributed by atoms with van der Waals surface area (Å²) in [6, 6.07) is 7.87. The van der Waals surface area contributed by atoms with E-state index in [4.69, 9.17) is 15.6 Å². The van der Waals surface area contributed by atoms with Crippen molar-refractivity contribution in [3.05, 3.63) is 41.8 Å². The van der Waals surface area contributed by atoms with Crippen molar-refractivity contribution in [3.8, 4) is 0 Å². The Morgan fingerprint density at radius 1 is 1.23 bits per heavy atom. The predicted octanol–water partition coefficient (Wildman–Crippen LogP) is 3.50. The molecule has 1 aliphatic rings. The van der Waals surface area contributed by atoms with Gasteiger partial charge in [-0.2, -0.15) is 4.98 Å². The summed E-state index contributed by atoms with van der Waals surface area (Å²) >= 11 is 1.62. The monoisotopic (exact) mass is 425 g/mol. The Kier molecular flexibility index (Phi) is 6.75. The summed E-state index contributed by atoms with van der Waals surface area (Å²) in [4.78, 5) is 11.8. The lowest BCUT2D eigenvalue weighted by molar-refractivity contribution is 0.0378. The Bertz CT molecular complexity index is 1000. The number of rotatable bonds is 9. The molecule has 0 radical (unpaired) electrons. The van der Waals surface area contributed by atoms with Crippen LogP contribution in [-0.2, 0) is 4.74 Å². The number of benzene rings is 1. The molecule has 30 heavy (non-hydrogen) atoms. The van der Waals surface area contributed by atoms with E-state index in [1.54, 1.807) is 17.4 Å². The largest absolute Gasteiger partial charge is 0.379 e. The lowest BCUT2D eigenvalue weighted by atomic mass is 10.1. The van der Waals surface area contributed by atoms with Gasteiger partial charge in [-0.15, -0.1) is 11.3 Å².